The van der Waals surface area contributed by atoms with E-state index in [0.717, 1.165) is 19.4 Å². The zero-order valence-corrected chi connectivity index (χ0v) is 13.8. The lowest BCUT2D eigenvalue weighted by Crippen LogP contribution is -2.46. The number of piperidine rings is 1. The van der Waals surface area contributed by atoms with Gasteiger partial charge in [0.25, 0.3) is 5.91 Å². The van der Waals surface area contributed by atoms with Crippen molar-refractivity contribution in [1.82, 2.24) is 10.6 Å². The lowest BCUT2D eigenvalue weighted by molar-refractivity contribution is -0.115. The zero-order chi connectivity index (χ0) is 15.2. The number of hydrogen-bond donors (Lipinski definition) is 3. The van der Waals surface area contributed by atoms with Crippen LogP contribution in [0.5, 0.6) is 0 Å². The van der Waals surface area contributed by atoms with Crippen LogP contribution in [0.2, 0.25) is 0 Å². The van der Waals surface area contributed by atoms with Crippen molar-refractivity contribution in [3.05, 3.63) is 29.8 Å². The Morgan fingerprint density at radius 2 is 2.14 bits per heavy atom. The minimum atomic E-state index is -0.0818. The van der Waals surface area contributed by atoms with Gasteiger partial charge in [-0.2, -0.15) is 0 Å². The van der Waals surface area contributed by atoms with Gasteiger partial charge in [-0.15, -0.1) is 12.4 Å². The molecule has 1 aliphatic heterocycles. The van der Waals surface area contributed by atoms with Crippen molar-refractivity contribution in [3.8, 4) is 0 Å². The smallest absolute Gasteiger partial charge is 0.251 e. The van der Waals surface area contributed by atoms with Crippen molar-refractivity contribution in [1.29, 1.82) is 0 Å². The number of rotatable bonds is 4. The van der Waals surface area contributed by atoms with Crippen LogP contribution in [0.25, 0.3) is 0 Å². The van der Waals surface area contributed by atoms with Gasteiger partial charge in [0.05, 0.1) is 0 Å². The molecule has 0 radical (unpaired) electrons. The van der Waals surface area contributed by atoms with Gasteiger partial charge in [-0.1, -0.05) is 13.0 Å². The Balaban J connectivity index is 0.00000242. The monoisotopic (exact) mass is 325 g/mol. The van der Waals surface area contributed by atoms with Crippen molar-refractivity contribution >= 4 is 29.9 Å². The molecular weight excluding hydrogens is 302 g/mol. The maximum atomic E-state index is 12.3. The summed E-state index contributed by atoms with van der Waals surface area (Å²) in [5, 5.41) is 9.20. The van der Waals surface area contributed by atoms with Crippen LogP contribution in [0.4, 0.5) is 5.69 Å². The summed E-state index contributed by atoms with van der Waals surface area (Å²) in [4.78, 5) is 23.7. The molecule has 1 aromatic carbocycles. The van der Waals surface area contributed by atoms with Gasteiger partial charge < -0.3 is 16.0 Å². The molecule has 0 aromatic heterocycles. The summed E-state index contributed by atoms with van der Waals surface area (Å²) in [5.74, 6) is -0.138. The summed E-state index contributed by atoms with van der Waals surface area (Å²) in [6.07, 6.45) is 2.31. The number of carbonyl (C=O) groups excluding carboxylic acids is 2. The predicted octanol–water partition coefficient (Wildman–Crippen LogP) is 2.33. The normalized spacial score (nSPS) is 20.6. The first-order valence-electron chi connectivity index (χ1n) is 7.52. The molecular formula is C16H24ClN3O2. The van der Waals surface area contributed by atoms with Gasteiger partial charge in [0, 0.05) is 29.8 Å². The van der Waals surface area contributed by atoms with E-state index in [4.69, 9.17) is 0 Å². The summed E-state index contributed by atoms with van der Waals surface area (Å²) in [6, 6.07) is 7.69. The molecule has 1 saturated heterocycles. The van der Waals surface area contributed by atoms with Crippen LogP contribution in [0.3, 0.4) is 0 Å². The summed E-state index contributed by atoms with van der Waals surface area (Å²) in [7, 11) is 0. The number of carbonyl (C=O) groups is 2. The first-order chi connectivity index (χ1) is 10.1. The molecule has 6 heteroatoms. The van der Waals surface area contributed by atoms with E-state index in [1.807, 2.05) is 0 Å². The van der Waals surface area contributed by atoms with Crippen molar-refractivity contribution in [3.63, 3.8) is 0 Å². The van der Waals surface area contributed by atoms with E-state index in [-0.39, 0.29) is 30.3 Å². The van der Waals surface area contributed by atoms with Crippen molar-refractivity contribution < 1.29 is 9.59 Å². The Hall–Kier alpha value is -1.59. The van der Waals surface area contributed by atoms with Gasteiger partial charge >= 0.3 is 0 Å². The summed E-state index contributed by atoms with van der Waals surface area (Å²) >= 11 is 0. The van der Waals surface area contributed by atoms with E-state index >= 15 is 0 Å². The molecule has 5 nitrogen and oxygen atoms in total. The second-order valence-electron chi connectivity index (χ2n) is 5.53. The first kappa shape index (κ1) is 18.5. The van der Waals surface area contributed by atoms with Crippen LogP contribution in [-0.4, -0.2) is 30.4 Å². The molecule has 0 spiro atoms. The molecule has 22 heavy (non-hydrogen) atoms. The highest BCUT2D eigenvalue weighted by atomic mass is 35.5. The number of halogens is 1. The molecule has 2 rings (SSSR count). The molecule has 122 valence electrons. The quantitative estimate of drug-likeness (QED) is 0.795. The third-order valence-corrected chi connectivity index (χ3v) is 3.69. The molecule has 0 saturated carbocycles. The SMILES string of the molecule is CCC(=O)Nc1cccc(C(=O)NC2CCNC(C)C2)c1.Cl. The fraction of sp³-hybridized carbons (Fsp3) is 0.500. The van der Waals surface area contributed by atoms with Crippen LogP contribution >= 0.6 is 12.4 Å². The largest absolute Gasteiger partial charge is 0.349 e. The molecule has 1 fully saturated rings. The summed E-state index contributed by atoms with van der Waals surface area (Å²) < 4.78 is 0. The van der Waals surface area contributed by atoms with Crippen molar-refractivity contribution in [2.45, 2.75) is 45.2 Å². The highest BCUT2D eigenvalue weighted by Crippen LogP contribution is 2.13. The molecule has 1 heterocycles. The van der Waals surface area contributed by atoms with Gasteiger partial charge in [-0.05, 0) is 44.5 Å². The lowest BCUT2D eigenvalue weighted by Gasteiger charge is -2.28. The van der Waals surface area contributed by atoms with E-state index in [1.165, 1.54) is 0 Å². The van der Waals surface area contributed by atoms with Crippen LogP contribution < -0.4 is 16.0 Å². The van der Waals surface area contributed by atoms with E-state index in [9.17, 15) is 9.59 Å². The molecule has 2 atom stereocenters. The Morgan fingerprint density at radius 3 is 2.82 bits per heavy atom. The molecule has 2 amide bonds. The zero-order valence-electron chi connectivity index (χ0n) is 13.0. The summed E-state index contributed by atoms with van der Waals surface area (Å²) in [5.41, 5.74) is 1.24. The molecule has 1 aliphatic rings. The maximum absolute atomic E-state index is 12.3. The Labute approximate surface area is 137 Å². The lowest BCUT2D eigenvalue weighted by atomic mass is 10.00. The van der Waals surface area contributed by atoms with E-state index in [0.29, 0.717) is 23.7 Å². The van der Waals surface area contributed by atoms with Crippen LogP contribution in [0.15, 0.2) is 24.3 Å². The van der Waals surface area contributed by atoms with Gasteiger partial charge in [0.1, 0.15) is 0 Å². The van der Waals surface area contributed by atoms with E-state index < -0.39 is 0 Å². The Kier molecular flexibility index (Phi) is 7.35. The fourth-order valence-corrected chi connectivity index (χ4v) is 2.52. The van der Waals surface area contributed by atoms with E-state index in [1.54, 1.807) is 31.2 Å². The number of benzene rings is 1. The average molecular weight is 326 g/mol. The van der Waals surface area contributed by atoms with Gasteiger partial charge in [0.2, 0.25) is 5.91 Å². The molecule has 0 bridgehead atoms. The second kappa shape index (κ2) is 8.76. The highest BCUT2D eigenvalue weighted by Gasteiger charge is 2.20. The van der Waals surface area contributed by atoms with Gasteiger partial charge in [-0.25, -0.2) is 0 Å². The molecule has 2 unspecified atom stereocenters. The predicted molar refractivity (Wildman–Crippen MR) is 90.6 cm³/mol. The number of nitrogens with one attached hydrogen (secondary N) is 3. The first-order valence-corrected chi connectivity index (χ1v) is 7.52. The maximum Gasteiger partial charge on any atom is 0.251 e. The van der Waals surface area contributed by atoms with Crippen LogP contribution in [-0.2, 0) is 4.79 Å². The van der Waals surface area contributed by atoms with Crippen LogP contribution in [0, 0.1) is 0 Å². The standard InChI is InChI=1S/C16H23N3O2.ClH/c1-3-15(20)18-13-6-4-5-12(10-13)16(21)19-14-7-8-17-11(2)9-14;/h4-6,10-11,14,17H,3,7-9H2,1-2H3,(H,18,20)(H,19,21);1H. The van der Waals surface area contributed by atoms with Crippen molar-refractivity contribution in [2.24, 2.45) is 0 Å². The van der Waals surface area contributed by atoms with Crippen LogP contribution in [0.1, 0.15) is 43.5 Å². The van der Waals surface area contributed by atoms with Gasteiger partial charge in [-0.3, -0.25) is 9.59 Å². The van der Waals surface area contributed by atoms with Gasteiger partial charge in [0.15, 0.2) is 0 Å². The second-order valence-corrected chi connectivity index (χ2v) is 5.53. The average Bonchev–Trinajstić information content (AvgIpc) is 2.47. The van der Waals surface area contributed by atoms with E-state index in [2.05, 4.69) is 22.9 Å². The minimum absolute atomic E-state index is 0. The Bertz CT molecular complexity index is 522. The molecule has 1 aromatic rings. The fourth-order valence-electron chi connectivity index (χ4n) is 2.52. The molecule has 3 N–H and O–H groups in total. The third-order valence-electron chi connectivity index (χ3n) is 3.69. The minimum Gasteiger partial charge on any atom is -0.349 e. The third kappa shape index (κ3) is 5.31. The molecule has 0 aliphatic carbocycles. The topological polar surface area (TPSA) is 70.2 Å². The number of amides is 2. The van der Waals surface area contributed by atoms with Crippen molar-refractivity contribution in [2.75, 3.05) is 11.9 Å². The Morgan fingerprint density at radius 1 is 1.36 bits per heavy atom. The summed E-state index contributed by atoms with van der Waals surface area (Å²) in [6.45, 7) is 4.85. The number of hydrogen-bond acceptors (Lipinski definition) is 3. The number of anilines is 1. The highest BCUT2D eigenvalue weighted by molar-refractivity contribution is 5.97.